The van der Waals surface area contributed by atoms with Crippen LogP contribution in [-0.4, -0.2) is 30.2 Å². The molecule has 0 amide bonds. The molecule has 0 saturated carbocycles. The van der Waals surface area contributed by atoms with Crippen LogP contribution in [0.2, 0.25) is 5.15 Å². The maximum Gasteiger partial charge on any atom is 0.340 e. The summed E-state index contributed by atoms with van der Waals surface area (Å²) in [5, 5.41) is 2.05. The number of halogens is 1. The molecule has 0 radical (unpaired) electrons. The fraction of sp³-hybridized carbons (Fsp3) is 0.208. The monoisotopic (exact) mass is 436 g/mol. The van der Waals surface area contributed by atoms with Gasteiger partial charge in [0.2, 0.25) is 0 Å². The summed E-state index contributed by atoms with van der Waals surface area (Å²) in [6.07, 6.45) is 0. The fourth-order valence-electron chi connectivity index (χ4n) is 3.56. The van der Waals surface area contributed by atoms with E-state index in [-0.39, 0.29) is 18.4 Å². The van der Waals surface area contributed by atoms with Gasteiger partial charge in [-0.3, -0.25) is 0 Å². The van der Waals surface area contributed by atoms with E-state index in [1.54, 1.807) is 20.3 Å². The molecular formula is C24H21ClN2O4. The Kier molecular flexibility index (Phi) is 6.02. The SMILES string of the molecule is COCc1nc2ccccc2c(C)c1C(=O)OCc1cc2ccc(OC)cc2nc1Cl. The van der Waals surface area contributed by atoms with Crippen LogP contribution in [0.5, 0.6) is 5.75 Å². The number of carbonyl (C=O) groups is 1. The molecule has 0 aliphatic carbocycles. The highest BCUT2D eigenvalue weighted by Gasteiger charge is 2.20. The summed E-state index contributed by atoms with van der Waals surface area (Å²) in [4.78, 5) is 22.0. The van der Waals surface area contributed by atoms with Gasteiger partial charge in [0.25, 0.3) is 0 Å². The maximum absolute atomic E-state index is 13.0. The van der Waals surface area contributed by atoms with Crippen LogP contribution in [0, 0.1) is 6.92 Å². The van der Waals surface area contributed by atoms with Crippen molar-refractivity contribution in [1.29, 1.82) is 0 Å². The van der Waals surface area contributed by atoms with Gasteiger partial charge < -0.3 is 14.2 Å². The van der Waals surface area contributed by atoms with Crippen LogP contribution in [0.3, 0.4) is 0 Å². The maximum atomic E-state index is 13.0. The van der Waals surface area contributed by atoms with Crippen LogP contribution in [0.1, 0.15) is 27.2 Å². The lowest BCUT2D eigenvalue weighted by molar-refractivity contribution is 0.0466. The van der Waals surface area contributed by atoms with Crippen molar-refractivity contribution in [2.45, 2.75) is 20.1 Å². The standard InChI is InChI=1S/C24H21ClN2O4/c1-14-18-6-4-5-7-19(18)26-21(13-29-2)22(14)24(28)31-12-16-10-15-8-9-17(30-3)11-20(15)27-23(16)25/h4-11H,12-13H2,1-3H3. The number of benzene rings is 2. The third-order valence-corrected chi connectivity index (χ3v) is 5.45. The van der Waals surface area contributed by atoms with Crippen molar-refractivity contribution in [1.82, 2.24) is 9.97 Å². The number of methoxy groups -OCH3 is 2. The molecule has 4 rings (SSSR count). The van der Waals surface area contributed by atoms with Gasteiger partial charge in [0.15, 0.2) is 0 Å². The van der Waals surface area contributed by atoms with Crippen molar-refractivity contribution >= 4 is 39.4 Å². The quantitative estimate of drug-likeness (QED) is 0.303. The Balaban J connectivity index is 1.64. The Morgan fingerprint density at radius 1 is 1.00 bits per heavy atom. The fourth-order valence-corrected chi connectivity index (χ4v) is 3.76. The number of nitrogens with zero attached hydrogens (tertiary/aromatic N) is 2. The van der Waals surface area contributed by atoms with Gasteiger partial charge in [-0.15, -0.1) is 0 Å². The number of pyridine rings is 2. The molecule has 0 spiro atoms. The topological polar surface area (TPSA) is 70.5 Å². The number of esters is 1. The highest BCUT2D eigenvalue weighted by Crippen LogP contribution is 2.27. The number of carbonyl (C=O) groups excluding carboxylic acids is 1. The molecule has 158 valence electrons. The molecule has 2 aromatic carbocycles. The van der Waals surface area contributed by atoms with E-state index < -0.39 is 5.97 Å². The van der Waals surface area contributed by atoms with E-state index in [1.807, 2.05) is 49.4 Å². The first-order chi connectivity index (χ1) is 15.0. The number of para-hydroxylation sites is 1. The van der Waals surface area contributed by atoms with Crippen molar-refractivity contribution in [2.24, 2.45) is 0 Å². The number of aryl methyl sites for hydroxylation is 1. The van der Waals surface area contributed by atoms with Crippen LogP contribution < -0.4 is 4.74 Å². The minimum atomic E-state index is -0.478. The Morgan fingerprint density at radius 3 is 2.58 bits per heavy atom. The van der Waals surface area contributed by atoms with E-state index in [9.17, 15) is 4.79 Å². The van der Waals surface area contributed by atoms with E-state index in [0.29, 0.717) is 28.1 Å². The van der Waals surface area contributed by atoms with Gasteiger partial charge >= 0.3 is 5.97 Å². The molecular weight excluding hydrogens is 416 g/mol. The average molecular weight is 437 g/mol. The first kappa shape index (κ1) is 21.0. The summed E-state index contributed by atoms with van der Waals surface area (Å²) in [6, 6.07) is 15.1. The Hall–Kier alpha value is -3.22. The summed E-state index contributed by atoms with van der Waals surface area (Å²) in [5.41, 5.74) is 3.88. The average Bonchev–Trinajstić information content (AvgIpc) is 2.77. The molecule has 31 heavy (non-hydrogen) atoms. The minimum absolute atomic E-state index is 0.00861. The molecule has 0 atom stereocenters. The number of aromatic nitrogens is 2. The second kappa shape index (κ2) is 8.88. The third kappa shape index (κ3) is 4.17. The number of hydrogen-bond donors (Lipinski definition) is 0. The molecule has 0 saturated heterocycles. The van der Waals surface area contributed by atoms with Gasteiger partial charge in [0, 0.05) is 29.5 Å². The van der Waals surface area contributed by atoms with Crippen molar-refractivity contribution < 1.29 is 19.0 Å². The molecule has 4 aromatic rings. The molecule has 0 fully saturated rings. The van der Waals surface area contributed by atoms with Crippen LogP contribution in [-0.2, 0) is 22.7 Å². The van der Waals surface area contributed by atoms with Crippen molar-refractivity contribution in [2.75, 3.05) is 14.2 Å². The molecule has 2 heterocycles. The van der Waals surface area contributed by atoms with Gasteiger partial charge in [-0.2, -0.15) is 0 Å². The molecule has 0 bridgehead atoms. The lowest BCUT2D eigenvalue weighted by Gasteiger charge is -2.14. The number of rotatable bonds is 6. The Morgan fingerprint density at radius 2 is 1.81 bits per heavy atom. The largest absolute Gasteiger partial charge is 0.497 e. The van der Waals surface area contributed by atoms with Gasteiger partial charge in [0.05, 0.1) is 36.0 Å². The lowest BCUT2D eigenvalue weighted by atomic mass is 10.0. The smallest absolute Gasteiger partial charge is 0.340 e. The summed E-state index contributed by atoms with van der Waals surface area (Å²) >= 11 is 6.34. The van der Waals surface area contributed by atoms with E-state index >= 15 is 0 Å². The zero-order valence-corrected chi connectivity index (χ0v) is 18.2. The summed E-state index contributed by atoms with van der Waals surface area (Å²) in [6.45, 7) is 2.08. The van der Waals surface area contributed by atoms with E-state index in [0.717, 1.165) is 21.9 Å². The number of hydrogen-bond acceptors (Lipinski definition) is 6. The van der Waals surface area contributed by atoms with Crippen LogP contribution in [0.25, 0.3) is 21.8 Å². The van der Waals surface area contributed by atoms with Gasteiger partial charge in [0.1, 0.15) is 17.5 Å². The molecule has 7 heteroatoms. The third-order valence-electron chi connectivity index (χ3n) is 5.12. The van der Waals surface area contributed by atoms with Crippen LogP contribution in [0.4, 0.5) is 0 Å². The van der Waals surface area contributed by atoms with Crippen LogP contribution in [0.15, 0.2) is 48.5 Å². The molecule has 0 aliphatic heterocycles. The number of fused-ring (bicyclic) bond motifs is 2. The highest BCUT2D eigenvalue weighted by atomic mass is 35.5. The van der Waals surface area contributed by atoms with Crippen LogP contribution >= 0.6 is 11.6 Å². The molecule has 6 nitrogen and oxygen atoms in total. The summed E-state index contributed by atoms with van der Waals surface area (Å²) < 4.78 is 16.1. The van der Waals surface area contributed by atoms with Gasteiger partial charge in [-0.05, 0) is 36.8 Å². The van der Waals surface area contributed by atoms with Gasteiger partial charge in [-0.1, -0.05) is 29.8 Å². The normalized spacial score (nSPS) is 11.1. The summed E-state index contributed by atoms with van der Waals surface area (Å²) in [7, 11) is 3.16. The number of ether oxygens (including phenoxy) is 3. The molecule has 0 N–H and O–H groups in total. The second-order valence-corrected chi connectivity index (χ2v) is 7.44. The highest BCUT2D eigenvalue weighted by molar-refractivity contribution is 6.30. The molecule has 0 aliphatic rings. The van der Waals surface area contributed by atoms with E-state index in [1.165, 1.54) is 0 Å². The van der Waals surface area contributed by atoms with Crippen molar-refractivity contribution in [3.63, 3.8) is 0 Å². The van der Waals surface area contributed by atoms with E-state index in [2.05, 4.69) is 9.97 Å². The Bertz CT molecular complexity index is 1290. The first-order valence-corrected chi connectivity index (χ1v) is 10.1. The zero-order chi connectivity index (χ0) is 22.0. The molecule has 0 unspecified atom stereocenters. The second-order valence-electron chi connectivity index (χ2n) is 7.08. The minimum Gasteiger partial charge on any atom is -0.497 e. The molecule has 2 aromatic heterocycles. The Labute approximate surface area is 184 Å². The van der Waals surface area contributed by atoms with Crippen molar-refractivity contribution in [3.8, 4) is 5.75 Å². The van der Waals surface area contributed by atoms with E-state index in [4.69, 9.17) is 25.8 Å². The first-order valence-electron chi connectivity index (χ1n) is 9.69. The predicted molar refractivity (Wildman–Crippen MR) is 120 cm³/mol. The predicted octanol–water partition coefficient (Wildman–Crippen LogP) is 5.26. The van der Waals surface area contributed by atoms with Gasteiger partial charge in [-0.25, -0.2) is 14.8 Å². The zero-order valence-electron chi connectivity index (χ0n) is 17.4. The summed E-state index contributed by atoms with van der Waals surface area (Å²) in [5.74, 6) is 0.217. The van der Waals surface area contributed by atoms with Crippen molar-refractivity contribution in [3.05, 3.63) is 76.1 Å². The lowest BCUT2D eigenvalue weighted by Crippen LogP contribution is -2.13.